The second-order valence-electron chi connectivity index (χ2n) is 6.01. The number of aromatic nitrogens is 1. The molecule has 5 heteroatoms. The van der Waals surface area contributed by atoms with Crippen molar-refractivity contribution < 1.29 is 14.9 Å². The van der Waals surface area contributed by atoms with Crippen molar-refractivity contribution in [2.24, 2.45) is 0 Å². The number of aromatic hydroxyl groups is 1. The van der Waals surface area contributed by atoms with Crippen LogP contribution in [0, 0.1) is 6.92 Å². The fourth-order valence-corrected chi connectivity index (χ4v) is 3.90. The van der Waals surface area contributed by atoms with E-state index in [1.54, 1.807) is 12.1 Å². The average molecular weight is 355 g/mol. The van der Waals surface area contributed by atoms with Gasteiger partial charge >= 0.3 is 0 Å². The maximum atomic E-state index is 9.84. The molecule has 0 saturated carbocycles. The molecule has 25 heavy (non-hydrogen) atoms. The number of fused-ring (bicyclic) bond motifs is 1. The van der Waals surface area contributed by atoms with Crippen molar-refractivity contribution in [3.05, 3.63) is 58.5 Å². The number of phenolic OH excluding ortho intramolecular Hbond substituents is 1. The van der Waals surface area contributed by atoms with E-state index >= 15 is 0 Å². The van der Waals surface area contributed by atoms with Crippen LogP contribution in [0.15, 0.2) is 36.9 Å². The minimum atomic E-state index is 0.0913. The van der Waals surface area contributed by atoms with Gasteiger partial charge in [-0.2, -0.15) is 0 Å². The lowest BCUT2D eigenvalue weighted by atomic mass is 10.1. The summed E-state index contributed by atoms with van der Waals surface area (Å²) in [4.78, 5) is 6.22. The number of aryl methyl sites for hydroxylation is 2. The molecule has 0 radical (unpaired) electrons. The number of ether oxygens (including phenoxy) is 1. The van der Waals surface area contributed by atoms with Crippen LogP contribution in [-0.4, -0.2) is 15.2 Å². The quantitative estimate of drug-likeness (QED) is 0.584. The van der Waals surface area contributed by atoms with Gasteiger partial charge < -0.3 is 14.9 Å². The molecule has 4 nitrogen and oxygen atoms in total. The Bertz CT molecular complexity index is 930. The van der Waals surface area contributed by atoms with Gasteiger partial charge in [-0.25, -0.2) is 4.98 Å². The summed E-state index contributed by atoms with van der Waals surface area (Å²) in [6.45, 7) is 8.10. The van der Waals surface area contributed by atoms with Gasteiger partial charge in [-0.3, -0.25) is 0 Å². The van der Waals surface area contributed by atoms with Crippen LogP contribution in [0.25, 0.3) is 16.0 Å². The molecular formula is C20H21NO3S. The molecule has 130 valence electrons. The molecule has 2 heterocycles. The third-order valence-electron chi connectivity index (χ3n) is 4.10. The number of pyridine rings is 1. The molecule has 3 rings (SSSR count). The highest BCUT2D eigenvalue weighted by atomic mass is 32.1. The summed E-state index contributed by atoms with van der Waals surface area (Å²) in [5.74, 6) is 0.882. The number of benzene rings is 1. The Hall–Kier alpha value is -2.53. The third-order valence-corrected chi connectivity index (χ3v) is 5.29. The Morgan fingerprint density at radius 3 is 2.76 bits per heavy atom. The smallest absolute Gasteiger partial charge is 0.214 e. The fraction of sp³-hybridized carbons (Fsp3) is 0.250. The van der Waals surface area contributed by atoms with Gasteiger partial charge in [0.1, 0.15) is 22.9 Å². The minimum Gasteiger partial charge on any atom is -0.508 e. The highest BCUT2D eigenvalue weighted by Gasteiger charge is 2.15. The molecule has 0 spiro atoms. The number of thiophene rings is 1. The number of aliphatic hydroxyl groups is 1. The first-order valence-electron chi connectivity index (χ1n) is 8.21. The van der Waals surface area contributed by atoms with Crippen molar-refractivity contribution in [3.63, 3.8) is 0 Å². The predicted octanol–water partition coefficient (Wildman–Crippen LogP) is 5.37. The summed E-state index contributed by atoms with van der Waals surface area (Å²) in [5.41, 5.74) is 3.08. The first-order chi connectivity index (χ1) is 12.0. The highest BCUT2D eigenvalue weighted by molar-refractivity contribution is 7.19. The lowest BCUT2D eigenvalue weighted by Gasteiger charge is -2.08. The summed E-state index contributed by atoms with van der Waals surface area (Å²) < 4.78 is 5.82. The number of aliphatic hydroxyl groups excluding tert-OH is 1. The van der Waals surface area contributed by atoms with E-state index in [9.17, 15) is 10.2 Å². The van der Waals surface area contributed by atoms with Crippen molar-refractivity contribution in [1.82, 2.24) is 4.98 Å². The van der Waals surface area contributed by atoms with E-state index in [-0.39, 0.29) is 11.5 Å². The lowest BCUT2D eigenvalue weighted by Crippen LogP contribution is -1.99. The van der Waals surface area contributed by atoms with Crippen LogP contribution in [0.2, 0.25) is 0 Å². The van der Waals surface area contributed by atoms with Gasteiger partial charge in [-0.15, -0.1) is 11.3 Å². The van der Waals surface area contributed by atoms with E-state index in [1.807, 2.05) is 25.1 Å². The maximum Gasteiger partial charge on any atom is 0.214 e. The molecule has 0 aliphatic heterocycles. The van der Waals surface area contributed by atoms with E-state index in [0.717, 1.165) is 44.6 Å². The van der Waals surface area contributed by atoms with Crippen LogP contribution >= 0.6 is 11.3 Å². The maximum absolute atomic E-state index is 9.84. The summed E-state index contributed by atoms with van der Waals surface area (Å²) in [5, 5.41) is 20.4. The average Bonchev–Trinajstić information content (AvgIpc) is 2.93. The lowest BCUT2D eigenvalue weighted by molar-refractivity contribution is 0.294. The number of hydrogen-bond donors (Lipinski definition) is 2. The molecular weight excluding hydrogens is 334 g/mol. The van der Waals surface area contributed by atoms with Gasteiger partial charge in [-0.05, 0) is 48.2 Å². The van der Waals surface area contributed by atoms with Crippen LogP contribution in [0.1, 0.15) is 34.9 Å². The molecule has 3 aromatic rings. The van der Waals surface area contributed by atoms with E-state index in [2.05, 4.69) is 18.5 Å². The van der Waals surface area contributed by atoms with Crippen molar-refractivity contribution in [1.29, 1.82) is 0 Å². The SMILES string of the molecule is C=C(O)c1sc2nc(OCc3ccc(O)cc3C)ccc2c1CCC. The van der Waals surface area contributed by atoms with Crippen molar-refractivity contribution in [2.45, 2.75) is 33.3 Å². The fourth-order valence-electron chi connectivity index (χ4n) is 2.82. The van der Waals surface area contributed by atoms with Gasteiger partial charge in [0.05, 0.1) is 4.88 Å². The highest BCUT2D eigenvalue weighted by Crippen LogP contribution is 2.35. The predicted molar refractivity (Wildman–Crippen MR) is 102 cm³/mol. The minimum absolute atomic E-state index is 0.0913. The molecule has 0 bridgehead atoms. The summed E-state index contributed by atoms with van der Waals surface area (Å²) >= 11 is 1.44. The second kappa shape index (κ2) is 7.15. The van der Waals surface area contributed by atoms with E-state index in [0.29, 0.717) is 12.5 Å². The standard InChI is InChI=1S/C20H21NO3S/c1-4-5-16-17-8-9-18(21-20(17)25-19(16)13(3)22)24-11-14-6-7-15(23)10-12(14)2/h6-10,22-23H,3-5,11H2,1-2H3. The summed E-state index contributed by atoms with van der Waals surface area (Å²) in [6.07, 6.45) is 1.87. The topological polar surface area (TPSA) is 62.6 Å². The van der Waals surface area contributed by atoms with Gasteiger partial charge in [0, 0.05) is 11.5 Å². The van der Waals surface area contributed by atoms with Crippen LogP contribution in [0.5, 0.6) is 11.6 Å². The zero-order chi connectivity index (χ0) is 18.0. The molecule has 0 saturated heterocycles. The van der Waals surface area contributed by atoms with Crippen LogP contribution in [0.4, 0.5) is 0 Å². The van der Waals surface area contributed by atoms with Crippen molar-refractivity contribution in [3.8, 4) is 11.6 Å². The molecule has 0 aliphatic carbocycles. The number of nitrogens with zero attached hydrogens (tertiary/aromatic N) is 1. The Balaban J connectivity index is 1.87. The summed E-state index contributed by atoms with van der Waals surface area (Å²) in [7, 11) is 0. The molecule has 2 aromatic heterocycles. The normalized spacial score (nSPS) is 11.0. The van der Waals surface area contributed by atoms with Gasteiger partial charge in [0.2, 0.25) is 5.88 Å². The number of phenols is 1. The second-order valence-corrected chi connectivity index (χ2v) is 7.01. The molecule has 2 N–H and O–H groups in total. The van der Waals surface area contributed by atoms with Gasteiger partial charge in [-0.1, -0.05) is 26.0 Å². The van der Waals surface area contributed by atoms with E-state index in [1.165, 1.54) is 11.3 Å². The molecule has 0 atom stereocenters. The van der Waals surface area contributed by atoms with Crippen LogP contribution < -0.4 is 4.74 Å². The first-order valence-corrected chi connectivity index (χ1v) is 9.03. The molecule has 0 fully saturated rings. The van der Waals surface area contributed by atoms with Crippen molar-refractivity contribution in [2.75, 3.05) is 0 Å². The number of hydrogen-bond acceptors (Lipinski definition) is 5. The Morgan fingerprint density at radius 1 is 1.28 bits per heavy atom. The van der Waals surface area contributed by atoms with E-state index < -0.39 is 0 Å². The molecule has 1 aromatic carbocycles. The van der Waals surface area contributed by atoms with Gasteiger partial charge in [0.25, 0.3) is 0 Å². The Kier molecular flexibility index (Phi) is 4.95. The van der Waals surface area contributed by atoms with Crippen molar-refractivity contribution >= 4 is 27.3 Å². The Morgan fingerprint density at radius 2 is 2.08 bits per heavy atom. The van der Waals surface area contributed by atoms with Crippen LogP contribution in [0.3, 0.4) is 0 Å². The molecule has 0 unspecified atom stereocenters. The van der Waals surface area contributed by atoms with E-state index in [4.69, 9.17) is 4.74 Å². The summed E-state index contributed by atoms with van der Waals surface area (Å²) in [6, 6.07) is 9.06. The Labute approximate surface area is 151 Å². The largest absolute Gasteiger partial charge is 0.508 e. The molecule has 0 aliphatic rings. The van der Waals surface area contributed by atoms with Crippen LogP contribution in [-0.2, 0) is 13.0 Å². The monoisotopic (exact) mass is 355 g/mol. The molecule has 0 amide bonds. The zero-order valence-electron chi connectivity index (χ0n) is 14.4. The first kappa shape index (κ1) is 17.3. The zero-order valence-corrected chi connectivity index (χ0v) is 15.2. The number of rotatable bonds is 6. The third kappa shape index (κ3) is 3.61. The van der Waals surface area contributed by atoms with Gasteiger partial charge in [0.15, 0.2) is 0 Å².